The molecule has 21 heavy (non-hydrogen) atoms. The third-order valence-electron chi connectivity index (χ3n) is 4.63. The molecule has 0 bridgehead atoms. The highest BCUT2D eigenvalue weighted by Gasteiger charge is 2.28. The Bertz CT molecular complexity index is 633. The van der Waals surface area contributed by atoms with Gasteiger partial charge in [0.2, 0.25) is 0 Å². The van der Waals surface area contributed by atoms with E-state index in [9.17, 15) is 0 Å². The van der Waals surface area contributed by atoms with Crippen molar-refractivity contribution in [2.75, 3.05) is 32.0 Å². The maximum Gasteiger partial charge on any atom is 0.133 e. The van der Waals surface area contributed by atoms with Gasteiger partial charge in [0.15, 0.2) is 0 Å². The zero-order valence-electron chi connectivity index (χ0n) is 12.7. The number of likely N-dealkylation sites (tertiary alicyclic amines) is 1. The molecule has 0 spiro atoms. The maximum absolute atomic E-state index is 4.54. The van der Waals surface area contributed by atoms with Crippen LogP contribution in [0, 0.1) is 5.41 Å². The van der Waals surface area contributed by atoms with Gasteiger partial charge in [-0.15, -0.1) is 0 Å². The second kappa shape index (κ2) is 5.93. The maximum atomic E-state index is 4.54. The third kappa shape index (κ3) is 3.22. The number of piperidine rings is 1. The smallest absolute Gasteiger partial charge is 0.133 e. The molecular weight excluding hydrogens is 326 g/mol. The van der Waals surface area contributed by atoms with E-state index in [1.807, 2.05) is 6.20 Å². The molecular formula is C17H22BrN3. The highest BCUT2D eigenvalue weighted by molar-refractivity contribution is 9.10. The van der Waals surface area contributed by atoms with Crippen LogP contribution in [0.15, 0.2) is 34.9 Å². The topological polar surface area (TPSA) is 28.2 Å². The summed E-state index contributed by atoms with van der Waals surface area (Å²) < 4.78 is 1.12. The fraction of sp³-hybridized carbons (Fsp3) is 0.471. The Labute approximate surface area is 134 Å². The molecule has 2 heterocycles. The molecule has 0 saturated carbocycles. The van der Waals surface area contributed by atoms with Gasteiger partial charge in [-0.1, -0.05) is 35.0 Å². The average molecular weight is 348 g/mol. The third-order valence-corrected chi connectivity index (χ3v) is 5.32. The minimum Gasteiger partial charge on any atom is -0.369 e. The molecule has 1 aromatic carbocycles. The lowest BCUT2D eigenvalue weighted by atomic mass is 9.80. The van der Waals surface area contributed by atoms with Crippen molar-refractivity contribution in [3.63, 3.8) is 0 Å². The fourth-order valence-electron chi connectivity index (χ4n) is 2.94. The van der Waals surface area contributed by atoms with Crippen molar-refractivity contribution in [3.8, 4) is 0 Å². The fourth-order valence-corrected chi connectivity index (χ4v) is 3.44. The first-order valence-electron chi connectivity index (χ1n) is 7.53. The van der Waals surface area contributed by atoms with Gasteiger partial charge in [-0.2, -0.15) is 0 Å². The van der Waals surface area contributed by atoms with Gasteiger partial charge in [0, 0.05) is 28.0 Å². The van der Waals surface area contributed by atoms with Gasteiger partial charge < -0.3 is 10.2 Å². The molecule has 112 valence electrons. The Kier molecular flexibility index (Phi) is 4.18. The minimum absolute atomic E-state index is 0.363. The standard InChI is InChI=1S/C17H22BrN3/c1-17(7-10-21(2)11-8-17)12-20-16-14-4-3-5-15(18)13(14)6-9-19-16/h3-6,9H,7-8,10-12H2,1-2H3,(H,19,20). The van der Waals surface area contributed by atoms with Crippen LogP contribution in [-0.2, 0) is 0 Å². The van der Waals surface area contributed by atoms with Crippen LogP contribution in [0.25, 0.3) is 10.8 Å². The molecule has 2 aromatic rings. The van der Waals surface area contributed by atoms with Crippen LogP contribution in [0.2, 0.25) is 0 Å². The SMILES string of the molecule is CN1CCC(C)(CNc2nccc3c(Br)cccc23)CC1. The largest absolute Gasteiger partial charge is 0.369 e. The van der Waals surface area contributed by atoms with Crippen molar-refractivity contribution in [2.45, 2.75) is 19.8 Å². The number of fused-ring (bicyclic) bond motifs is 1. The van der Waals surface area contributed by atoms with Crippen molar-refractivity contribution >= 4 is 32.5 Å². The van der Waals surface area contributed by atoms with E-state index in [1.165, 1.54) is 36.7 Å². The summed E-state index contributed by atoms with van der Waals surface area (Å²) in [6.07, 6.45) is 4.36. The summed E-state index contributed by atoms with van der Waals surface area (Å²) in [6.45, 7) is 5.74. The lowest BCUT2D eigenvalue weighted by Crippen LogP contribution is -2.40. The number of aromatic nitrogens is 1. The molecule has 0 amide bonds. The summed E-state index contributed by atoms with van der Waals surface area (Å²) in [5, 5.41) is 5.98. The monoisotopic (exact) mass is 347 g/mol. The molecule has 0 aliphatic carbocycles. The molecule has 0 atom stereocenters. The van der Waals surface area contributed by atoms with E-state index in [4.69, 9.17) is 0 Å². The highest BCUT2D eigenvalue weighted by Crippen LogP contribution is 2.32. The number of hydrogen-bond donors (Lipinski definition) is 1. The highest BCUT2D eigenvalue weighted by atomic mass is 79.9. The number of benzene rings is 1. The van der Waals surface area contributed by atoms with Crippen molar-refractivity contribution in [3.05, 3.63) is 34.9 Å². The summed E-state index contributed by atoms with van der Waals surface area (Å²) in [6, 6.07) is 8.33. The van der Waals surface area contributed by atoms with Crippen LogP contribution >= 0.6 is 15.9 Å². The molecule has 3 rings (SSSR count). The van der Waals surface area contributed by atoms with Gasteiger partial charge in [-0.05, 0) is 50.5 Å². The van der Waals surface area contributed by atoms with Crippen LogP contribution in [-0.4, -0.2) is 36.6 Å². The van der Waals surface area contributed by atoms with Crippen LogP contribution < -0.4 is 5.32 Å². The van der Waals surface area contributed by atoms with Crippen molar-refractivity contribution in [1.82, 2.24) is 9.88 Å². The second-order valence-electron chi connectivity index (χ2n) is 6.46. The van der Waals surface area contributed by atoms with Gasteiger partial charge >= 0.3 is 0 Å². The van der Waals surface area contributed by atoms with Crippen LogP contribution in [0.1, 0.15) is 19.8 Å². The summed E-state index contributed by atoms with van der Waals surface area (Å²) in [5.74, 6) is 0.994. The van der Waals surface area contributed by atoms with E-state index in [-0.39, 0.29) is 0 Å². The van der Waals surface area contributed by atoms with Gasteiger partial charge in [0.05, 0.1) is 0 Å². The van der Waals surface area contributed by atoms with E-state index in [0.29, 0.717) is 5.41 Å². The normalized spacial score (nSPS) is 18.8. The van der Waals surface area contributed by atoms with Crippen molar-refractivity contribution in [2.24, 2.45) is 5.41 Å². The number of halogens is 1. The average Bonchev–Trinajstić information content (AvgIpc) is 2.49. The summed E-state index contributed by atoms with van der Waals surface area (Å²) in [7, 11) is 2.21. The Balaban J connectivity index is 1.78. The van der Waals surface area contributed by atoms with Crippen LogP contribution in [0.4, 0.5) is 5.82 Å². The first-order chi connectivity index (χ1) is 10.1. The number of anilines is 1. The predicted molar refractivity (Wildman–Crippen MR) is 92.8 cm³/mol. The number of nitrogens with zero attached hydrogens (tertiary/aromatic N) is 2. The van der Waals surface area contributed by atoms with E-state index in [2.05, 4.69) is 69.4 Å². The molecule has 1 fully saturated rings. The molecule has 1 aromatic heterocycles. The van der Waals surface area contributed by atoms with Gasteiger partial charge in [-0.3, -0.25) is 0 Å². The lowest BCUT2D eigenvalue weighted by molar-refractivity contribution is 0.150. The minimum atomic E-state index is 0.363. The first kappa shape index (κ1) is 14.8. The van der Waals surface area contributed by atoms with E-state index >= 15 is 0 Å². The first-order valence-corrected chi connectivity index (χ1v) is 8.32. The number of pyridine rings is 1. The zero-order valence-corrected chi connectivity index (χ0v) is 14.3. The number of rotatable bonds is 3. The molecule has 4 heteroatoms. The molecule has 1 aliphatic heterocycles. The second-order valence-corrected chi connectivity index (χ2v) is 7.32. The number of hydrogen-bond acceptors (Lipinski definition) is 3. The van der Waals surface area contributed by atoms with E-state index in [0.717, 1.165) is 16.8 Å². The molecule has 0 unspecified atom stereocenters. The van der Waals surface area contributed by atoms with Gasteiger partial charge in [-0.25, -0.2) is 4.98 Å². The van der Waals surface area contributed by atoms with Crippen molar-refractivity contribution in [1.29, 1.82) is 0 Å². The predicted octanol–water partition coefficient (Wildman–Crippen LogP) is 4.14. The van der Waals surface area contributed by atoms with E-state index in [1.54, 1.807) is 0 Å². The molecule has 1 aliphatic rings. The Morgan fingerprint density at radius 2 is 2.00 bits per heavy atom. The molecule has 3 nitrogen and oxygen atoms in total. The Hall–Kier alpha value is -1.13. The Morgan fingerprint density at radius 3 is 2.76 bits per heavy atom. The van der Waals surface area contributed by atoms with Crippen LogP contribution in [0.3, 0.4) is 0 Å². The van der Waals surface area contributed by atoms with Crippen molar-refractivity contribution < 1.29 is 0 Å². The Morgan fingerprint density at radius 1 is 1.24 bits per heavy atom. The number of nitrogens with one attached hydrogen (secondary N) is 1. The van der Waals surface area contributed by atoms with Crippen LogP contribution in [0.5, 0.6) is 0 Å². The summed E-state index contributed by atoms with van der Waals surface area (Å²) >= 11 is 3.61. The quantitative estimate of drug-likeness (QED) is 0.904. The summed E-state index contributed by atoms with van der Waals surface area (Å²) in [5.41, 5.74) is 0.363. The van der Waals surface area contributed by atoms with Gasteiger partial charge in [0.1, 0.15) is 5.82 Å². The molecule has 1 saturated heterocycles. The molecule has 0 radical (unpaired) electrons. The molecule has 1 N–H and O–H groups in total. The lowest BCUT2D eigenvalue weighted by Gasteiger charge is -2.38. The van der Waals surface area contributed by atoms with Gasteiger partial charge in [0.25, 0.3) is 0 Å². The summed E-state index contributed by atoms with van der Waals surface area (Å²) in [4.78, 5) is 6.95. The van der Waals surface area contributed by atoms with E-state index < -0.39 is 0 Å². The zero-order chi connectivity index (χ0) is 14.9.